The van der Waals surface area contributed by atoms with E-state index in [4.69, 9.17) is 4.74 Å². The van der Waals surface area contributed by atoms with Crippen molar-refractivity contribution in [3.63, 3.8) is 0 Å². The highest BCUT2D eigenvalue weighted by Crippen LogP contribution is 2.23. The minimum Gasteiger partial charge on any atom is -0.374 e. The third-order valence-corrected chi connectivity index (χ3v) is 5.90. The number of sulfonamides is 1. The van der Waals surface area contributed by atoms with Gasteiger partial charge in [-0.25, -0.2) is 21.9 Å². The predicted molar refractivity (Wildman–Crippen MR) is 80.6 cm³/mol. The molecule has 0 aliphatic carbocycles. The van der Waals surface area contributed by atoms with Crippen LogP contribution in [0.15, 0.2) is 17.0 Å². The summed E-state index contributed by atoms with van der Waals surface area (Å²) in [6, 6.07) is 2.03. The fourth-order valence-electron chi connectivity index (χ4n) is 3.13. The second-order valence-electron chi connectivity index (χ2n) is 6.13. The van der Waals surface area contributed by atoms with Crippen LogP contribution >= 0.6 is 0 Å². The van der Waals surface area contributed by atoms with Crippen LogP contribution in [0.5, 0.6) is 0 Å². The number of hydrogen-bond acceptors (Lipinski definition) is 4. The summed E-state index contributed by atoms with van der Waals surface area (Å²) in [4.78, 5) is 1.76. The van der Waals surface area contributed by atoms with E-state index in [-0.39, 0.29) is 18.2 Å². The van der Waals surface area contributed by atoms with Gasteiger partial charge in [0, 0.05) is 25.2 Å². The van der Waals surface area contributed by atoms with E-state index >= 15 is 0 Å². The Hall–Kier alpha value is -1.09. The lowest BCUT2D eigenvalue weighted by atomic mass is 10.2. The van der Waals surface area contributed by atoms with Crippen LogP contribution in [-0.4, -0.2) is 51.7 Å². The van der Waals surface area contributed by atoms with Gasteiger partial charge in [-0.15, -0.1) is 0 Å². The minimum absolute atomic E-state index is 0.0709. The van der Waals surface area contributed by atoms with Gasteiger partial charge >= 0.3 is 0 Å². The zero-order valence-electron chi connectivity index (χ0n) is 12.9. The second kappa shape index (κ2) is 6.43. The molecular formula is C15H20F2N2O3S. The summed E-state index contributed by atoms with van der Waals surface area (Å²) in [6.45, 7) is 3.73. The Kier molecular flexibility index (Phi) is 4.68. The van der Waals surface area contributed by atoms with Crippen molar-refractivity contribution in [2.24, 2.45) is 0 Å². The molecule has 0 saturated carbocycles. The Balaban J connectivity index is 1.66. The number of aryl methyl sites for hydroxylation is 1. The van der Waals surface area contributed by atoms with Crippen LogP contribution in [0.1, 0.15) is 18.4 Å². The van der Waals surface area contributed by atoms with Gasteiger partial charge in [0.1, 0.15) is 16.5 Å². The van der Waals surface area contributed by atoms with Gasteiger partial charge in [0.05, 0.1) is 12.7 Å². The number of ether oxygens (including phenoxy) is 1. The number of rotatable bonds is 4. The number of fused-ring (bicyclic) bond motifs is 1. The molecule has 0 unspecified atom stereocenters. The third-order valence-electron chi connectivity index (χ3n) is 4.47. The second-order valence-corrected chi connectivity index (χ2v) is 7.87. The molecule has 1 N–H and O–H groups in total. The number of nitrogens with zero attached hydrogens (tertiary/aromatic N) is 1. The average molecular weight is 346 g/mol. The van der Waals surface area contributed by atoms with Crippen LogP contribution in [0.3, 0.4) is 0 Å². The molecule has 128 valence electrons. The van der Waals surface area contributed by atoms with E-state index in [1.165, 1.54) is 6.92 Å². The quantitative estimate of drug-likeness (QED) is 0.896. The summed E-state index contributed by atoms with van der Waals surface area (Å²) in [6.07, 6.45) is 1.98. The van der Waals surface area contributed by atoms with E-state index in [0.29, 0.717) is 25.3 Å². The van der Waals surface area contributed by atoms with Gasteiger partial charge in [-0.3, -0.25) is 4.90 Å². The molecule has 1 aromatic rings. The summed E-state index contributed by atoms with van der Waals surface area (Å²) in [5, 5.41) is 0. The molecule has 3 rings (SSSR count). The Bertz CT molecular complexity index is 696. The average Bonchev–Trinajstić information content (AvgIpc) is 2.96. The first-order valence-corrected chi connectivity index (χ1v) is 9.16. The van der Waals surface area contributed by atoms with E-state index in [9.17, 15) is 17.2 Å². The van der Waals surface area contributed by atoms with Crippen molar-refractivity contribution in [3.8, 4) is 0 Å². The summed E-state index contributed by atoms with van der Waals surface area (Å²) >= 11 is 0. The zero-order chi connectivity index (χ0) is 16.6. The summed E-state index contributed by atoms with van der Waals surface area (Å²) < 4.78 is 59.6. The molecule has 2 heterocycles. The fourth-order valence-corrected chi connectivity index (χ4v) is 4.33. The normalized spacial score (nSPS) is 25.5. The highest BCUT2D eigenvalue weighted by Gasteiger charge is 2.33. The van der Waals surface area contributed by atoms with Gasteiger partial charge in [-0.2, -0.15) is 0 Å². The number of benzene rings is 1. The van der Waals surface area contributed by atoms with Gasteiger partial charge in [0.15, 0.2) is 0 Å². The van der Waals surface area contributed by atoms with Crippen LogP contribution in [0.2, 0.25) is 0 Å². The molecule has 23 heavy (non-hydrogen) atoms. The Labute approximate surface area is 134 Å². The van der Waals surface area contributed by atoms with Crippen molar-refractivity contribution in [2.75, 3.05) is 26.2 Å². The SMILES string of the molecule is Cc1cc(S(=O)(=O)NC[C@H]2CN3CCC[C@@H]3CO2)c(F)cc1F. The molecule has 2 atom stereocenters. The first-order valence-electron chi connectivity index (χ1n) is 7.68. The van der Waals surface area contributed by atoms with Crippen LogP contribution in [0.25, 0.3) is 0 Å². The van der Waals surface area contributed by atoms with Gasteiger partial charge < -0.3 is 4.74 Å². The molecule has 0 spiro atoms. The van der Waals surface area contributed by atoms with E-state index < -0.39 is 26.6 Å². The van der Waals surface area contributed by atoms with Crippen molar-refractivity contribution in [1.82, 2.24) is 9.62 Å². The molecular weight excluding hydrogens is 326 g/mol. The van der Waals surface area contributed by atoms with Crippen molar-refractivity contribution in [3.05, 3.63) is 29.3 Å². The van der Waals surface area contributed by atoms with Crippen molar-refractivity contribution >= 4 is 10.0 Å². The highest BCUT2D eigenvalue weighted by molar-refractivity contribution is 7.89. The smallest absolute Gasteiger partial charge is 0.243 e. The summed E-state index contributed by atoms with van der Waals surface area (Å²) in [5.74, 6) is -1.86. The van der Waals surface area contributed by atoms with Crippen molar-refractivity contribution in [1.29, 1.82) is 0 Å². The maximum atomic E-state index is 13.8. The minimum atomic E-state index is -4.04. The van der Waals surface area contributed by atoms with Crippen LogP contribution in [0, 0.1) is 18.6 Å². The molecule has 2 aliphatic rings. The van der Waals surface area contributed by atoms with Gasteiger partial charge in [0.2, 0.25) is 10.0 Å². The molecule has 8 heteroatoms. The molecule has 2 fully saturated rings. The predicted octanol–water partition coefficient (Wildman–Crippen LogP) is 1.41. The van der Waals surface area contributed by atoms with Crippen LogP contribution in [-0.2, 0) is 14.8 Å². The molecule has 0 bridgehead atoms. The molecule has 5 nitrogen and oxygen atoms in total. The lowest BCUT2D eigenvalue weighted by Gasteiger charge is -2.35. The van der Waals surface area contributed by atoms with E-state index in [1.807, 2.05) is 0 Å². The van der Waals surface area contributed by atoms with E-state index in [2.05, 4.69) is 9.62 Å². The maximum absolute atomic E-state index is 13.8. The lowest BCUT2D eigenvalue weighted by Crippen LogP contribution is -2.50. The number of halogens is 2. The third kappa shape index (κ3) is 3.55. The Morgan fingerprint density at radius 1 is 1.35 bits per heavy atom. The molecule has 2 aliphatic heterocycles. The van der Waals surface area contributed by atoms with Crippen molar-refractivity contribution in [2.45, 2.75) is 36.8 Å². The number of morpholine rings is 1. The number of hydrogen-bond donors (Lipinski definition) is 1. The molecule has 1 aromatic carbocycles. The highest BCUT2D eigenvalue weighted by atomic mass is 32.2. The Morgan fingerprint density at radius 2 is 2.13 bits per heavy atom. The summed E-state index contributed by atoms with van der Waals surface area (Å²) in [5.41, 5.74) is 0.0839. The van der Waals surface area contributed by atoms with E-state index in [1.54, 1.807) is 0 Å². The standard InChI is InChI=1S/C15H20F2N2O3S/c1-10-5-15(14(17)6-13(10)16)23(20,21)18-7-12-8-19-4-2-3-11(19)9-22-12/h5-6,11-12,18H,2-4,7-9H2,1H3/t11-,12+/m1/s1. The largest absolute Gasteiger partial charge is 0.374 e. The van der Waals surface area contributed by atoms with E-state index in [0.717, 1.165) is 25.5 Å². The lowest BCUT2D eigenvalue weighted by molar-refractivity contribution is -0.0449. The maximum Gasteiger partial charge on any atom is 0.243 e. The molecule has 0 radical (unpaired) electrons. The van der Waals surface area contributed by atoms with Gasteiger partial charge in [-0.1, -0.05) is 0 Å². The monoisotopic (exact) mass is 346 g/mol. The fraction of sp³-hybridized carbons (Fsp3) is 0.600. The van der Waals surface area contributed by atoms with Gasteiger partial charge in [-0.05, 0) is 37.9 Å². The van der Waals surface area contributed by atoms with Crippen LogP contribution < -0.4 is 4.72 Å². The Morgan fingerprint density at radius 3 is 2.91 bits per heavy atom. The topological polar surface area (TPSA) is 58.6 Å². The van der Waals surface area contributed by atoms with Crippen molar-refractivity contribution < 1.29 is 21.9 Å². The first-order chi connectivity index (χ1) is 10.9. The summed E-state index contributed by atoms with van der Waals surface area (Å²) in [7, 11) is -4.04. The van der Waals surface area contributed by atoms with Crippen LogP contribution in [0.4, 0.5) is 8.78 Å². The zero-order valence-corrected chi connectivity index (χ0v) is 13.7. The molecule has 0 aromatic heterocycles. The first kappa shape index (κ1) is 16.8. The van der Waals surface area contributed by atoms with Gasteiger partial charge in [0.25, 0.3) is 0 Å². The molecule has 2 saturated heterocycles. The number of nitrogens with one attached hydrogen (secondary N) is 1. The molecule has 0 amide bonds.